The van der Waals surface area contributed by atoms with Gasteiger partial charge < -0.3 is 20.4 Å². The van der Waals surface area contributed by atoms with Crippen LogP contribution < -0.4 is 10.6 Å². The number of hydrogen-bond acceptors (Lipinski definition) is 3. The predicted molar refractivity (Wildman–Crippen MR) is 96.9 cm³/mol. The molecule has 0 radical (unpaired) electrons. The summed E-state index contributed by atoms with van der Waals surface area (Å²) in [5.41, 5.74) is 2.40. The normalized spacial score (nSPS) is 17.5. The highest BCUT2D eigenvalue weighted by Gasteiger charge is 2.25. The van der Waals surface area contributed by atoms with E-state index in [1.54, 1.807) is 4.90 Å². The molecule has 6 nitrogen and oxygen atoms in total. The van der Waals surface area contributed by atoms with E-state index in [0.29, 0.717) is 19.0 Å². The molecule has 3 amide bonds. The first-order chi connectivity index (χ1) is 12.2. The van der Waals surface area contributed by atoms with Gasteiger partial charge in [0.2, 0.25) is 5.91 Å². The molecule has 2 heterocycles. The van der Waals surface area contributed by atoms with E-state index in [-0.39, 0.29) is 18.5 Å². The first-order valence-electron chi connectivity index (χ1n) is 9.19. The Morgan fingerprint density at radius 1 is 1.08 bits per heavy atom. The molecule has 0 aromatic heterocycles. The van der Waals surface area contributed by atoms with Crippen molar-refractivity contribution in [1.29, 1.82) is 0 Å². The standard InChI is InChI=1S/C19H28N4O2/c1-20-9-6-15-7-10-22(11-8-15)19(25)21-12-18(24)23-13-16-4-2-3-5-17(16)14-23/h2-5,15,20H,6-14H2,1H3,(H,21,25). The van der Waals surface area contributed by atoms with Gasteiger partial charge in [0.25, 0.3) is 0 Å². The summed E-state index contributed by atoms with van der Waals surface area (Å²) in [5.74, 6) is 0.676. The molecule has 3 rings (SSSR count). The zero-order valence-electron chi connectivity index (χ0n) is 15.0. The van der Waals surface area contributed by atoms with Crippen molar-refractivity contribution in [2.75, 3.05) is 33.2 Å². The lowest BCUT2D eigenvalue weighted by Gasteiger charge is -2.32. The number of rotatable bonds is 5. The van der Waals surface area contributed by atoms with Crippen LogP contribution in [0.4, 0.5) is 4.79 Å². The minimum Gasteiger partial charge on any atom is -0.332 e. The summed E-state index contributed by atoms with van der Waals surface area (Å²) in [6, 6.07) is 7.99. The van der Waals surface area contributed by atoms with Crippen molar-refractivity contribution in [3.05, 3.63) is 35.4 Å². The van der Waals surface area contributed by atoms with Crippen LogP contribution in [0, 0.1) is 5.92 Å². The molecule has 2 N–H and O–H groups in total. The third-order valence-electron chi connectivity index (χ3n) is 5.29. The smallest absolute Gasteiger partial charge is 0.317 e. The molecular weight excluding hydrogens is 316 g/mol. The van der Waals surface area contributed by atoms with E-state index in [1.807, 2.05) is 24.1 Å². The molecule has 136 valence electrons. The second kappa shape index (κ2) is 8.34. The Kier molecular flexibility index (Phi) is 5.91. The zero-order chi connectivity index (χ0) is 17.6. The van der Waals surface area contributed by atoms with Gasteiger partial charge in [-0.1, -0.05) is 24.3 Å². The van der Waals surface area contributed by atoms with Crippen LogP contribution >= 0.6 is 0 Å². The number of likely N-dealkylation sites (tertiary alicyclic amines) is 1. The summed E-state index contributed by atoms with van der Waals surface area (Å²) < 4.78 is 0. The highest BCUT2D eigenvalue weighted by atomic mass is 16.2. The molecule has 0 aliphatic carbocycles. The van der Waals surface area contributed by atoms with Gasteiger partial charge in [0.1, 0.15) is 0 Å². The van der Waals surface area contributed by atoms with E-state index in [4.69, 9.17) is 0 Å². The number of benzene rings is 1. The fourth-order valence-corrected chi connectivity index (χ4v) is 3.66. The molecule has 0 saturated carbocycles. The second-order valence-corrected chi connectivity index (χ2v) is 7.00. The molecule has 2 aliphatic rings. The first-order valence-corrected chi connectivity index (χ1v) is 9.19. The van der Waals surface area contributed by atoms with Gasteiger partial charge in [0, 0.05) is 26.2 Å². The van der Waals surface area contributed by atoms with Crippen LogP contribution in [-0.2, 0) is 17.9 Å². The van der Waals surface area contributed by atoms with Gasteiger partial charge in [-0.3, -0.25) is 4.79 Å². The van der Waals surface area contributed by atoms with Crippen LogP contribution in [-0.4, -0.2) is 55.0 Å². The third-order valence-corrected chi connectivity index (χ3v) is 5.29. The maximum Gasteiger partial charge on any atom is 0.317 e. The van der Waals surface area contributed by atoms with Gasteiger partial charge in [-0.25, -0.2) is 4.79 Å². The molecule has 1 aromatic rings. The number of fused-ring (bicyclic) bond motifs is 1. The lowest BCUT2D eigenvalue weighted by atomic mass is 9.94. The number of hydrogen-bond donors (Lipinski definition) is 2. The van der Waals surface area contributed by atoms with Crippen molar-refractivity contribution in [3.63, 3.8) is 0 Å². The number of piperidine rings is 1. The SMILES string of the molecule is CNCCC1CCN(C(=O)NCC(=O)N2Cc3ccccc3C2)CC1. The Labute approximate surface area is 149 Å². The minimum atomic E-state index is -0.114. The quantitative estimate of drug-likeness (QED) is 0.852. The summed E-state index contributed by atoms with van der Waals surface area (Å²) in [6.45, 7) is 3.95. The molecular formula is C19H28N4O2. The van der Waals surface area contributed by atoms with Crippen LogP contribution in [0.25, 0.3) is 0 Å². The molecule has 25 heavy (non-hydrogen) atoms. The average Bonchev–Trinajstić information content (AvgIpc) is 3.09. The van der Waals surface area contributed by atoms with E-state index in [9.17, 15) is 9.59 Å². The molecule has 1 aromatic carbocycles. The van der Waals surface area contributed by atoms with Crippen molar-refractivity contribution in [3.8, 4) is 0 Å². The number of carbonyl (C=O) groups is 2. The Morgan fingerprint density at radius 3 is 2.32 bits per heavy atom. The van der Waals surface area contributed by atoms with Crippen LogP contribution in [0.15, 0.2) is 24.3 Å². The average molecular weight is 344 g/mol. The van der Waals surface area contributed by atoms with Crippen LogP contribution in [0.2, 0.25) is 0 Å². The lowest BCUT2D eigenvalue weighted by molar-refractivity contribution is -0.130. The van der Waals surface area contributed by atoms with Crippen molar-refractivity contribution in [1.82, 2.24) is 20.4 Å². The van der Waals surface area contributed by atoms with Gasteiger partial charge in [0.15, 0.2) is 0 Å². The second-order valence-electron chi connectivity index (χ2n) is 7.00. The van der Waals surface area contributed by atoms with Crippen molar-refractivity contribution < 1.29 is 9.59 Å². The number of urea groups is 1. The Bertz CT molecular complexity index is 586. The van der Waals surface area contributed by atoms with Crippen molar-refractivity contribution in [2.24, 2.45) is 5.92 Å². The molecule has 0 unspecified atom stereocenters. The fraction of sp³-hybridized carbons (Fsp3) is 0.579. The Balaban J connectivity index is 1.39. The number of carbonyl (C=O) groups excluding carboxylic acids is 2. The van der Waals surface area contributed by atoms with Crippen molar-refractivity contribution in [2.45, 2.75) is 32.4 Å². The topological polar surface area (TPSA) is 64.7 Å². The Hall–Kier alpha value is -2.08. The lowest BCUT2D eigenvalue weighted by Crippen LogP contribution is -2.47. The van der Waals surface area contributed by atoms with Crippen LogP contribution in [0.3, 0.4) is 0 Å². The molecule has 6 heteroatoms. The summed E-state index contributed by atoms with van der Waals surface area (Å²) in [7, 11) is 1.97. The molecule has 0 atom stereocenters. The summed E-state index contributed by atoms with van der Waals surface area (Å²) in [5, 5.41) is 5.98. The molecule has 0 spiro atoms. The third kappa shape index (κ3) is 4.51. The number of nitrogens with zero attached hydrogens (tertiary/aromatic N) is 2. The number of amides is 3. The van der Waals surface area contributed by atoms with Gasteiger partial charge in [-0.05, 0) is 49.9 Å². The van der Waals surface area contributed by atoms with Gasteiger partial charge in [0.05, 0.1) is 6.54 Å². The van der Waals surface area contributed by atoms with Gasteiger partial charge in [-0.15, -0.1) is 0 Å². The molecule has 1 saturated heterocycles. The van der Waals surface area contributed by atoms with Gasteiger partial charge in [-0.2, -0.15) is 0 Å². The van der Waals surface area contributed by atoms with Crippen molar-refractivity contribution >= 4 is 11.9 Å². The highest BCUT2D eigenvalue weighted by Crippen LogP contribution is 2.22. The monoisotopic (exact) mass is 344 g/mol. The summed E-state index contributed by atoms with van der Waals surface area (Å²) in [6.07, 6.45) is 3.26. The highest BCUT2D eigenvalue weighted by molar-refractivity contribution is 5.84. The predicted octanol–water partition coefficient (Wildman–Crippen LogP) is 1.56. The zero-order valence-corrected chi connectivity index (χ0v) is 15.0. The fourth-order valence-electron chi connectivity index (χ4n) is 3.66. The van der Waals surface area contributed by atoms with Crippen LogP contribution in [0.5, 0.6) is 0 Å². The van der Waals surface area contributed by atoms with E-state index in [2.05, 4.69) is 22.8 Å². The summed E-state index contributed by atoms with van der Waals surface area (Å²) in [4.78, 5) is 28.3. The molecule has 0 bridgehead atoms. The maximum absolute atomic E-state index is 12.4. The van der Waals surface area contributed by atoms with Crippen LogP contribution in [0.1, 0.15) is 30.4 Å². The van der Waals surface area contributed by atoms with E-state index < -0.39 is 0 Å². The molecule has 1 fully saturated rings. The van der Waals surface area contributed by atoms with E-state index in [0.717, 1.165) is 32.5 Å². The van der Waals surface area contributed by atoms with E-state index in [1.165, 1.54) is 17.5 Å². The van der Waals surface area contributed by atoms with E-state index >= 15 is 0 Å². The minimum absolute atomic E-state index is 0.0199. The molecule has 2 aliphatic heterocycles. The summed E-state index contributed by atoms with van der Waals surface area (Å²) >= 11 is 0. The van der Waals surface area contributed by atoms with Gasteiger partial charge >= 0.3 is 6.03 Å². The first kappa shape index (κ1) is 17.7. The maximum atomic E-state index is 12.4. The number of nitrogens with one attached hydrogen (secondary N) is 2. The largest absolute Gasteiger partial charge is 0.332 e. The Morgan fingerprint density at radius 2 is 1.72 bits per heavy atom.